The third kappa shape index (κ3) is 14.5. The Hall–Kier alpha value is -0.0800. The zero-order valence-electron chi connectivity index (χ0n) is 21.1. The molecule has 0 bridgehead atoms. The van der Waals surface area contributed by atoms with Gasteiger partial charge in [0.05, 0.1) is 11.7 Å². The topological polar surface area (TPSA) is 18.5 Å². The van der Waals surface area contributed by atoms with E-state index in [1.807, 2.05) is 0 Å². The van der Waals surface area contributed by atoms with Crippen LogP contribution in [0.2, 0.25) is 0 Å². The van der Waals surface area contributed by atoms with Gasteiger partial charge in [-0.1, -0.05) is 78.6 Å². The van der Waals surface area contributed by atoms with E-state index in [2.05, 4.69) is 48.5 Å². The third-order valence-electron chi connectivity index (χ3n) is 6.85. The van der Waals surface area contributed by atoms with Crippen LogP contribution >= 0.6 is 0 Å². The molecule has 3 unspecified atom stereocenters. The van der Waals surface area contributed by atoms with E-state index in [1.165, 1.54) is 70.6 Å². The molecular formula is C27H54O2. The van der Waals surface area contributed by atoms with E-state index < -0.39 is 0 Å². The van der Waals surface area contributed by atoms with Crippen LogP contribution in [-0.4, -0.2) is 24.9 Å². The van der Waals surface area contributed by atoms with Gasteiger partial charge in [0.1, 0.15) is 0 Å². The van der Waals surface area contributed by atoms with Gasteiger partial charge in [0, 0.05) is 13.2 Å². The highest BCUT2D eigenvalue weighted by atomic mass is 16.5. The Morgan fingerprint density at radius 2 is 1.48 bits per heavy atom. The molecule has 0 aliphatic heterocycles. The molecular weight excluding hydrogens is 356 g/mol. The van der Waals surface area contributed by atoms with Crippen molar-refractivity contribution in [2.24, 2.45) is 23.7 Å². The predicted molar refractivity (Wildman–Crippen MR) is 128 cm³/mol. The van der Waals surface area contributed by atoms with Crippen LogP contribution in [0.3, 0.4) is 0 Å². The van der Waals surface area contributed by atoms with Gasteiger partial charge in [0.15, 0.2) is 0 Å². The SMILES string of the molecule is CC(C)CCCC(C)CCCC1CCCC(CCOC(C)(C)CCOC(C)C)C1. The molecule has 1 fully saturated rings. The van der Waals surface area contributed by atoms with Crippen LogP contribution in [0.25, 0.3) is 0 Å². The lowest BCUT2D eigenvalue weighted by molar-refractivity contribution is -0.0527. The molecule has 0 radical (unpaired) electrons. The van der Waals surface area contributed by atoms with Gasteiger partial charge in [0.2, 0.25) is 0 Å². The van der Waals surface area contributed by atoms with Crippen molar-refractivity contribution < 1.29 is 9.47 Å². The largest absolute Gasteiger partial charge is 0.379 e. The molecule has 0 aromatic rings. The van der Waals surface area contributed by atoms with Crippen molar-refractivity contribution in [2.45, 2.75) is 137 Å². The summed E-state index contributed by atoms with van der Waals surface area (Å²) in [5.41, 5.74) is -0.0608. The van der Waals surface area contributed by atoms with Gasteiger partial charge in [0.25, 0.3) is 0 Å². The Morgan fingerprint density at radius 1 is 0.828 bits per heavy atom. The maximum Gasteiger partial charge on any atom is 0.0648 e. The molecule has 3 atom stereocenters. The summed E-state index contributed by atoms with van der Waals surface area (Å²) >= 11 is 0. The average Bonchev–Trinajstić information content (AvgIpc) is 2.61. The molecule has 29 heavy (non-hydrogen) atoms. The Morgan fingerprint density at radius 3 is 2.14 bits per heavy atom. The summed E-state index contributed by atoms with van der Waals surface area (Å²) in [6.07, 6.45) is 16.9. The smallest absolute Gasteiger partial charge is 0.0648 e. The van der Waals surface area contributed by atoms with Gasteiger partial charge in [-0.2, -0.15) is 0 Å². The fourth-order valence-electron chi connectivity index (χ4n) is 4.82. The second-order valence-corrected chi connectivity index (χ2v) is 11.3. The Labute approximate surface area is 183 Å². The highest BCUT2D eigenvalue weighted by Gasteiger charge is 2.24. The fraction of sp³-hybridized carbons (Fsp3) is 1.00. The number of hydrogen-bond donors (Lipinski definition) is 0. The standard InChI is InChI=1S/C27H54O2/c1-22(2)11-8-12-24(5)13-9-14-25-15-10-16-26(21-25)17-19-29-27(6,7)18-20-28-23(3)4/h22-26H,8-21H2,1-7H3. The monoisotopic (exact) mass is 410 g/mol. The first kappa shape index (κ1) is 27.0. The van der Waals surface area contributed by atoms with Gasteiger partial charge in [-0.05, 0) is 70.6 Å². The summed E-state index contributed by atoms with van der Waals surface area (Å²) in [5.74, 6) is 3.65. The lowest BCUT2D eigenvalue weighted by Crippen LogP contribution is -2.28. The second kappa shape index (κ2) is 14.8. The summed E-state index contributed by atoms with van der Waals surface area (Å²) in [7, 11) is 0. The van der Waals surface area contributed by atoms with Crippen molar-refractivity contribution in [3.8, 4) is 0 Å². The number of hydrogen-bond acceptors (Lipinski definition) is 2. The minimum atomic E-state index is -0.0608. The summed E-state index contributed by atoms with van der Waals surface area (Å²) in [5, 5.41) is 0. The molecule has 0 heterocycles. The normalized spacial score (nSPS) is 21.8. The van der Waals surface area contributed by atoms with E-state index >= 15 is 0 Å². The highest BCUT2D eigenvalue weighted by molar-refractivity contribution is 4.75. The van der Waals surface area contributed by atoms with Crippen molar-refractivity contribution in [3.05, 3.63) is 0 Å². The van der Waals surface area contributed by atoms with Crippen LogP contribution < -0.4 is 0 Å². The third-order valence-corrected chi connectivity index (χ3v) is 6.85. The van der Waals surface area contributed by atoms with E-state index in [0.717, 1.165) is 43.3 Å². The zero-order valence-corrected chi connectivity index (χ0v) is 21.1. The quantitative estimate of drug-likeness (QED) is 0.254. The summed E-state index contributed by atoms with van der Waals surface area (Å²) in [4.78, 5) is 0. The molecule has 0 N–H and O–H groups in total. The van der Waals surface area contributed by atoms with Crippen molar-refractivity contribution >= 4 is 0 Å². The Balaban J connectivity index is 2.14. The maximum atomic E-state index is 6.24. The second-order valence-electron chi connectivity index (χ2n) is 11.3. The van der Waals surface area contributed by atoms with Crippen LogP contribution in [0.4, 0.5) is 0 Å². The van der Waals surface area contributed by atoms with Crippen molar-refractivity contribution in [1.29, 1.82) is 0 Å². The van der Waals surface area contributed by atoms with Gasteiger partial charge in [-0.25, -0.2) is 0 Å². The zero-order chi connectivity index (χ0) is 21.7. The van der Waals surface area contributed by atoms with Crippen molar-refractivity contribution in [1.82, 2.24) is 0 Å². The first-order valence-electron chi connectivity index (χ1n) is 12.9. The van der Waals surface area contributed by atoms with E-state index in [-0.39, 0.29) is 5.60 Å². The van der Waals surface area contributed by atoms with E-state index in [0.29, 0.717) is 6.10 Å². The van der Waals surface area contributed by atoms with Crippen LogP contribution in [0.5, 0.6) is 0 Å². The van der Waals surface area contributed by atoms with E-state index in [1.54, 1.807) is 0 Å². The fourth-order valence-corrected chi connectivity index (χ4v) is 4.82. The molecule has 0 aromatic carbocycles. The number of ether oxygens (including phenoxy) is 2. The lowest BCUT2D eigenvalue weighted by atomic mass is 9.77. The minimum absolute atomic E-state index is 0.0608. The summed E-state index contributed by atoms with van der Waals surface area (Å²) in [6.45, 7) is 17.5. The number of rotatable bonds is 16. The molecule has 1 rings (SSSR count). The van der Waals surface area contributed by atoms with Crippen molar-refractivity contribution in [3.63, 3.8) is 0 Å². The van der Waals surface area contributed by atoms with Gasteiger partial charge in [-0.3, -0.25) is 0 Å². The van der Waals surface area contributed by atoms with Crippen LogP contribution in [-0.2, 0) is 9.47 Å². The Bertz CT molecular complexity index is 388. The summed E-state index contributed by atoms with van der Waals surface area (Å²) in [6, 6.07) is 0. The molecule has 1 aliphatic rings. The van der Waals surface area contributed by atoms with Crippen LogP contribution in [0.15, 0.2) is 0 Å². The van der Waals surface area contributed by atoms with Gasteiger partial charge >= 0.3 is 0 Å². The molecule has 2 nitrogen and oxygen atoms in total. The molecule has 1 aliphatic carbocycles. The highest BCUT2D eigenvalue weighted by Crippen LogP contribution is 2.35. The molecule has 0 saturated heterocycles. The Kier molecular flexibility index (Phi) is 13.8. The first-order valence-corrected chi connectivity index (χ1v) is 12.9. The average molecular weight is 411 g/mol. The minimum Gasteiger partial charge on any atom is -0.379 e. The van der Waals surface area contributed by atoms with E-state index in [4.69, 9.17) is 9.47 Å². The van der Waals surface area contributed by atoms with Gasteiger partial charge in [-0.15, -0.1) is 0 Å². The van der Waals surface area contributed by atoms with Crippen LogP contribution in [0, 0.1) is 23.7 Å². The van der Waals surface area contributed by atoms with Gasteiger partial charge < -0.3 is 9.47 Å². The molecule has 0 aromatic heterocycles. The first-order chi connectivity index (χ1) is 13.7. The molecule has 2 heteroatoms. The van der Waals surface area contributed by atoms with E-state index in [9.17, 15) is 0 Å². The summed E-state index contributed by atoms with van der Waals surface area (Å²) < 4.78 is 11.9. The van der Waals surface area contributed by atoms with Crippen LogP contribution in [0.1, 0.15) is 126 Å². The lowest BCUT2D eigenvalue weighted by Gasteiger charge is -2.31. The molecule has 0 spiro atoms. The van der Waals surface area contributed by atoms with Crippen molar-refractivity contribution in [2.75, 3.05) is 13.2 Å². The predicted octanol–water partition coefficient (Wildman–Crippen LogP) is 8.43. The maximum absolute atomic E-state index is 6.24. The molecule has 1 saturated carbocycles. The molecule has 0 amide bonds. The molecule has 174 valence electrons.